The minimum atomic E-state index is 0.265. The maximum Gasteiger partial charge on any atom is 0.125 e. The quantitative estimate of drug-likeness (QED) is 0.841. The summed E-state index contributed by atoms with van der Waals surface area (Å²) >= 11 is 6.09. The molecular formula is C11H13ClN2O. The molecule has 0 bridgehead atoms. The first-order chi connectivity index (χ1) is 7.24. The molecule has 0 saturated heterocycles. The minimum Gasteiger partial charge on any atom is -0.507 e. The fraction of sp³-hybridized carbons (Fsp3) is 0.273. The van der Waals surface area contributed by atoms with E-state index in [0.717, 1.165) is 23.9 Å². The monoisotopic (exact) mass is 224 g/mol. The van der Waals surface area contributed by atoms with Gasteiger partial charge in [-0.25, -0.2) is 0 Å². The van der Waals surface area contributed by atoms with Crippen molar-refractivity contribution in [3.8, 4) is 5.75 Å². The summed E-state index contributed by atoms with van der Waals surface area (Å²) in [4.78, 5) is 0. The molecule has 3 N–H and O–H groups in total. The lowest BCUT2D eigenvalue weighted by atomic mass is 10.2. The van der Waals surface area contributed by atoms with E-state index in [1.54, 1.807) is 12.1 Å². The van der Waals surface area contributed by atoms with Crippen molar-refractivity contribution in [1.29, 1.82) is 0 Å². The molecule has 1 aromatic heterocycles. The van der Waals surface area contributed by atoms with E-state index >= 15 is 0 Å². The van der Waals surface area contributed by atoms with Crippen LogP contribution in [0.25, 0.3) is 10.9 Å². The van der Waals surface area contributed by atoms with E-state index in [0.29, 0.717) is 11.7 Å². The molecule has 0 fully saturated rings. The molecule has 0 atom stereocenters. The third-order valence-corrected chi connectivity index (χ3v) is 2.77. The topological polar surface area (TPSA) is 51.2 Å². The van der Waals surface area contributed by atoms with E-state index in [2.05, 4.69) is 0 Å². The van der Waals surface area contributed by atoms with Gasteiger partial charge in [0.25, 0.3) is 0 Å². The molecule has 0 unspecified atom stereocenters. The number of benzene rings is 1. The number of aryl methyl sites for hydroxylation is 1. The molecule has 0 saturated carbocycles. The Balaban J connectivity index is 2.53. The largest absolute Gasteiger partial charge is 0.507 e. The fourth-order valence-corrected chi connectivity index (χ4v) is 2.00. The smallest absolute Gasteiger partial charge is 0.125 e. The zero-order chi connectivity index (χ0) is 10.8. The predicted molar refractivity (Wildman–Crippen MR) is 62.3 cm³/mol. The number of aromatic nitrogens is 1. The Kier molecular flexibility index (Phi) is 2.84. The SMILES string of the molecule is NCCCn1c(Cl)cc2c(O)cccc21. The standard InChI is InChI=1S/C11H13ClN2O/c12-11-7-8-9(3-1-4-10(8)15)14(11)6-2-5-13/h1,3-4,7,15H,2,5-6,13H2. The van der Waals surface area contributed by atoms with Gasteiger partial charge in [0.15, 0.2) is 0 Å². The van der Waals surface area contributed by atoms with E-state index in [1.165, 1.54) is 0 Å². The third kappa shape index (κ3) is 1.80. The Morgan fingerprint density at radius 2 is 2.20 bits per heavy atom. The van der Waals surface area contributed by atoms with Gasteiger partial charge in [-0.3, -0.25) is 0 Å². The van der Waals surface area contributed by atoms with Crippen LogP contribution >= 0.6 is 11.6 Å². The first-order valence-electron chi connectivity index (χ1n) is 4.91. The molecule has 15 heavy (non-hydrogen) atoms. The van der Waals surface area contributed by atoms with Gasteiger partial charge in [-0.05, 0) is 31.2 Å². The van der Waals surface area contributed by atoms with Crippen molar-refractivity contribution < 1.29 is 5.11 Å². The summed E-state index contributed by atoms with van der Waals surface area (Å²) in [5, 5.41) is 11.1. The van der Waals surface area contributed by atoms with E-state index in [4.69, 9.17) is 17.3 Å². The van der Waals surface area contributed by atoms with Crippen LogP contribution in [0, 0.1) is 0 Å². The van der Waals surface area contributed by atoms with Crippen molar-refractivity contribution in [3.05, 3.63) is 29.4 Å². The number of nitrogens with zero attached hydrogens (tertiary/aromatic N) is 1. The minimum absolute atomic E-state index is 0.265. The summed E-state index contributed by atoms with van der Waals surface area (Å²) in [7, 11) is 0. The summed E-state index contributed by atoms with van der Waals surface area (Å²) in [5.74, 6) is 0.265. The van der Waals surface area contributed by atoms with Gasteiger partial charge in [0.05, 0.1) is 5.52 Å². The number of nitrogens with two attached hydrogens (primary N) is 1. The van der Waals surface area contributed by atoms with Crippen molar-refractivity contribution in [2.24, 2.45) is 5.73 Å². The molecule has 1 aromatic carbocycles. The van der Waals surface area contributed by atoms with Gasteiger partial charge in [-0.1, -0.05) is 17.7 Å². The number of rotatable bonds is 3. The highest BCUT2D eigenvalue weighted by molar-refractivity contribution is 6.31. The number of halogens is 1. The molecule has 3 nitrogen and oxygen atoms in total. The summed E-state index contributed by atoms with van der Waals surface area (Å²) in [6.45, 7) is 1.41. The van der Waals surface area contributed by atoms with Gasteiger partial charge in [0.2, 0.25) is 0 Å². The van der Waals surface area contributed by atoms with E-state index in [9.17, 15) is 5.11 Å². The molecule has 0 spiro atoms. The molecule has 0 radical (unpaired) electrons. The average Bonchev–Trinajstić information content (AvgIpc) is 2.54. The highest BCUT2D eigenvalue weighted by atomic mass is 35.5. The summed E-state index contributed by atoms with van der Waals surface area (Å²) in [5.41, 5.74) is 6.42. The van der Waals surface area contributed by atoms with Crippen LogP contribution in [-0.2, 0) is 6.54 Å². The number of phenols is 1. The second kappa shape index (κ2) is 4.13. The molecule has 0 aliphatic heterocycles. The number of fused-ring (bicyclic) bond motifs is 1. The Morgan fingerprint density at radius 3 is 2.93 bits per heavy atom. The number of aromatic hydroxyl groups is 1. The van der Waals surface area contributed by atoms with Crippen LogP contribution < -0.4 is 5.73 Å². The third-order valence-electron chi connectivity index (χ3n) is 2.46. The van der Waals surface area contributed by atoms with Gasteiger partial charge in [0.1, 0.15) is 10.9 Å². The van der Waals surface area contributed by atoms with Crippen molar-refractivity contribution in [2.75, 3.05) is 6.54 Å². The number of hydrogen-bond donors (Lipinski definition) is 2. The fourth-order valence-electron chi connectivity index (χ4n) is 1.71. The van der Waals surface area contributed by atoms with Crippen molar-refractivity contribution >= 4 is 22.5 Å². The first-order valence-corrected chi connectivity index (χ1v) is 5.28. The molecule has 1 heterocycles. The molecule has 2 rings (SSSR count). The lowest BCUT2D eigenvalue weighted by Crippen LogP contribution is -2.05. The molecular weight excluding hydrogens is 212 g/mol. The lowest BCUT2D eigenvalue weighted by molar-refractivity contribution is 0.481. The molecule has 80 valence electrons. The second-order valence-electron chi connectivity index (χ2n) is 3.47. The van der Waals surface area contributed by atoms with Crippen LogP contribution in [0.5, 0.6) is 5.75 Å². The van der Waals surface area contributed by atoms with Crippen molar-refractivity contribution in [1.82, 2.24) is 4.57 Å². The van der Waals surface area contributed by atoms with Gasteiger partial charge in [-0.15, -0.1) is 0 Å². The maximum absolute atomic E-state index is 9.64. The Labute approximate surface area is 93.1 Å². The molecule has 2 aromatic rings. The average molecular weight is 225 g/mol. The predicted octanol–water partition coefficient (Wildman–Crippen LogP) is 2.35. The van der Waals surface area contributed by atoms with Crippen LogP contribution in [-0.4, -0.2) is 16.2 Å². The molecule has 0 aliphatic rings. The zero-order valence-corrected chi connectivity index (χ0v) is 9.04. The number of hydrogen-bond acceptors (Lipinski definition) is 2. The Hall–Kier alpha value is -1.19. The van der Waals surface area contributed by atoms with E-state index < -0.39 is 0 Å². The lowest BCUT2D eigenvalue weighted by Gasteiger charge is -2.05. The summed E-state index contributed by atoms with van der Waals surface area (Å²) in [6, 6.07) is 7.19. The molecule has 4 heteroatoms. The van der Waals surface area contributed by atoms with Crippen molar-refractivity contribution in [2.45, 2.75) is 13.0 Å². The summed E-state index contributed by atoms with van der Waals surface area (Å²) < 4.78 is 1.96. The molecule has 0 amide bonds. The second-order valence-corrected chi connectivity index (χ2v) is 3.86. The van der Waals surface area contributed by atoms with Crippen LogP contribution in [0.4, 0.5) is 0 Å². The first kappa shape index (κ1) is 10.3. The summed E-state index contributed by atoms with van der Waals surface area (Å²) in [6.07, 6.45) is 0.874. The molecule has 0 aliphatic carbocycles. The Bertz CT molecular complexity index is 479. The van der Waals surface area contributed by atoms with Crippen LogP contribution in [0.15, 0.2) is 24.3 Å². The van der Waals surface area contributed by atoms with Gasteiger partial charge < -0.3 is 15.4 Å². The van der Waals surface area contributed by atoms with E-state index in [1.807, 2.05) is 16.7 Å². The Morgan fingerprint density at radius 1 is 1.40 bits per heavy atom. The van der Waals surface area contributed by atoms with Gasteiger partial charge in [0, 0.05) is 11.9 Å². The number of phenolic OH excluding ortho intramolecular Hbond substituents is 1. The van der Waals surface area contributed by atoms with Crippen LogP contribution in [0.3, 0.4) is 0 Å². The van der Waals surface area contributed by atoms with Crippen molar-refractivity contribution in [3.63, 3.8) is 0 Å². The van der Waals surface area contributed by atoms with E-state index in [-0.39, 0.29) is 5.75 Å². The normalized spacial score (nSPS) is 11.1. The highest BCUT2D eigenvalue weighted by Gasteiger charge is 2.08. The highest BCUT2D eigenvalue weighted by Crippen LogP contribution is 2.30. The maximum atomic E-state index is 9.64. The van der Waals surface area contributed by atoms with Crippen LogP contribution in [0.2, 0.25) is 5.15 Å². The zero-order valence-electron chi connectivity index (χ0n) is 8.28. The van der Waals surface area contributed by atoms with Gasteiger partial charge >= 0.3 is 0 Å². The van der Waals surface area contributed by atoms with Gasteiger partial charge in [-0.2, -0.15) is 0 Å². The van der Waals surface area contributed by atoms with Crippen LogP contribution in [0.1, 0.15) is 6.42 Å².